The lowest BCUT2D eigenvalue weighted by Crippen LogP contribution is -1.95. The Bertz CT molecular complexity index is 802. The van der Waals surface area contributed by atoms with Crippen LogP contribution in [0.2, 0.25) is 0 Å². The lowest BCUT2D eigenvalue weighted by molar-refractivity contribution is 0.324. The lowest BCUT2D eigenvalue weighted by Gasteiger charge is -2.12. The molecule has 0 N–H and O–H groups in total. The summed E-state index contributed by atoms with van der Waals surface area (Å²) < 4.78 is 32.2. The van der Waals surface area contributed by atoms with Crippen molar-refractivity contribution in [2.75, 3.05) is 42.7 Å². The molecule has 6 heteroatoms. The Morgan fingerprint density at radius 3 is 0.967 bits per heavy atom. The molecule has 0 atom stereocenters. The quantitative estimate of drug-likeness (QED) is 0.511. The van der Waals surface area contributed by atoms with Gasteiger partial charge in [0.25, 0.3) is 0 Å². The SMILES string of the molecule is COc1cc(/C=C/C=C/C=C/c2cc(OC)c(OC)c(OC)c2)cc(OC)c1OC. The van der Waals surface area contributed by atoms with Gasteiger partial charge in [-0.25, -0.2) is 0 Å². The van der Waals surface area contributed by atoms with Crippen LogP contribution >= 0.6 is 0 Å². The van der Waals surface area contributed by atoms with Crippen LogP contribution in [-0.2, 0) is 0 Å². The van der Waals surface area contributed by atoms with Crippen molar-refractivity contribution in [2.45, 2.75) is 0 Å². The van der Waals surface area contributed by atoms with Gasteiger partial charge in [0.05, 0.1) is 42.7 Å². The van der Waals surface area contributed by atoms with Gasteiger partial charge >= 0.3 is 0 Å². The fraction of sp³-hybridized carbons (Fsp3) is 0.250. The van der Waals surface area contributed by atoms with Gasteiger partial charge in [-0.2, -0.15) is 0 Å². The number of methoxy groups -OCH3 is 6. The molecule has 0 spiro atoms. The number of rotatable bonds is 10. The van der Waals surface area contributed by atoms with Crippen LogP contribution in [0.25, 0.3) is 12.2 Å². The predicted molar refractivity (Wildman–Crippen MR) is 119 cm³/mol. The Morgan fingerprint density at radius 1 is 0.433 bits per heavy atom. The molecule has 2 aromatic carbocycles. The molecule has 0 heterocycles. The molecule has 160 valence electrons. The molecule has 2 rings (SSSR count). The second kappa shape index (κ2) is 11.5. The zero-order valence-electron chi connectivity index (χ0n) is 18.2. The van der Waals surface area contributed by atoms with Crippen molar-refractivity contribution < 1.29 is 28.4 Å². The van der Waals surface area contributed by atoms with Gasteiger partial charge in [0, 0.05) is 0 Å². The second-order valence-electron chi connectivity index (χ2n) is 6.02. The van der Waals surface area contributed by atoms with Gasteiger partial charge in [0.1, 0.15) is 0 Å². The van der Waals surface area contributed by atoms with Crippen LogP contribution in [0, 0.1) is 0 Å². The van der Waals surface area contributed by atoms with E-state index in [1.165, 1.54) is 0 Å². The van der Waals surface area contributed by atoms with Crippen LogP contribution in [0.15, 0.2) is 48.6 Å². The minimum Gasteiger partial charge on any atom is -0.493 e. The first-order valence-electron chi connectivity index (χ1n) is 9.23. The fourth-order valence-corrected chi connectivity index (χ4v) is 2.86. The summed E-state index contributed by atoms with van der Waals surface area (Å²) in [6.45, 7) is 0. The molecule has 0 fully saturated rings. The van der Waals surface area contributed by atoms with E-state index in [1.54, 1.807) is 42.7 Å². The Hall–Kier alpha value is -3.54. The molecule has 0 bridgehead atoms. The van der Waals surface area contributed by atoms with Gasteiger partial charge in [-0.15, -0.1) is 0 Å². The van der Waals surface area contributed by atoms with Crippen LogP contribution in [0.5, 0.6) is 34.5 Å². The van der Waals surface area contributed by atoms with E-state index in [0.717, 1.165) is 11.1 Å². The summed E-state index contributed by atoms with van der Waals surface area (Å²) in [5.41, 5.74) is 1.87. The third-order valence-corrected chi connectivity index (χ3v) is 4.28. The number of allylic oxidation sites excluding steroid dienone is 4. The van der Waals surface area contributed by atoms with Crippen molar-refractivity contribution in [2.24, 2.45) is 0 Å². The van der Waals surface area contributed by atoms with Crippen LogP contribution in [0.1, 0.15) is 11.1 Å². The maximum Gasteiger partial charge on any atom is 0.203 e. The highest BCUT2D eigenvalue weighted by atomic mass is 16.5. The minimum atomic E-state index is 0.570. The molecule has 0 aromatic heterocycles. The van der Waals surface area contributed by atoms with E-state index < -0.39 is 0 Å². The van der Waals surface area contributed by atoms with Crippen LogP contribution in [-0.4, -0.2) is 42.7 Å². The molecule has 0 saturated carbocycles. The number of hydrogen-bond donors (Lipinski definition) is 0. The second-order valence-corrected chi connectivity index (χ2v) is 6.02. The van der Waals surface area contributed by atoms with E-state index in [4.69, 9.17) is 28.4 Å². The van der Waals surface area contributed by atoms with Crippen molar-refractivity contribution in [1.82, 2.24) is 0 Å². The van der Waals surface area contributed by atoms with Crippen LogP contribution in [0.3, 0.4) is 0 Å². The van der Waals surface area contributed by atoms with Gasteiger partial charge in [0.15, 0.2) is 23.0 Å². The molecule has 0 aliphatic carbocycles. The summed E-state index contributed by atoms with van der Waals surface area (Å²) in [5, 5.41) is 0. The van der Waals surface area contributed by atoms with E-state index >= 15 is 0 Å². The summed E-state index contributed by atoms with van der Waals surface area (Å²) in [4.78, 5) is 0. The highest BCUT2D eigenvalue weighted by Crippen LogP contribution is 2.39. The molecule has 0 aliphatic rings. The first-order chi connectivity index (χ1) is 14.6. The molecule has 0 unspecified atom stereocenters. The van der Waals surface area contributed by atoms with Crippen LogP contribution in [0.4, 0.5) is 0 Å². The summed E-state index contributed by atoms with van der Waals surface area (Å²) in [6, 6.07) is 7.55. The van der Waals surface area contributed by atoms with Crippen molar-refractivity contribution in [1.29, 1.82) is 0 Å². The molecule has 6 nitrogen and oxygen atoms in total. The average molecular weight is 412 g/mol. The summed E-state index contributed by atoms with van der Waals surface area (Å²) >= 11 is 0. The predicted octanol–water partition coefficient (Wildman–Crippen LogP) is 5.02. The largest absolute Gasteiger partial charge is 0.493 e. The molecule has 0 aliphatic heterocycles. The Kier molecular flexibility index (Phi) is 8.69. The normalized spacial score (nSPS) is 11.3. The lowest BCUT2D eigenvalue weighted by atomic mass is 10.1. The molecule has 30 heavy (non-hydrogen) atoms. The molecular formula is C24H28O6. The first kappa shape index (κ1) is 22.7. The third kappa shape index (κ3) is 5.50. The Balaban J connectivity index is 2.13. The van der Waals surface area contributed by atoms with Crippen molar-refractivity contribution in [3.8, 4) is 34.5 Å². The van der Waals surface area contributed by atoms with Gasteiger partial charge in [-0.3, -0.25) is 0 Å². The molecule has 0 amide bonds. The summed E-state index contributed by atoms with van der Waals surface area (Å²) in [5.74, 6) is 3.60. The molecule has 0 saturated heterocycles. The first-order valence-corrected chi connectivity index (χ1v) is 9.23. The van der Waals surface area contributed by atoms with Gasteiger partial charge in [-0.05, 0) is 35.4 Å². The number of hydrogen-bond acceptors (Lipinski definition) is 6. The van der Waals surface area contributed by atoms with Crippen molar-refractivity contribution in [3.63, 3.8) is 0 Å². The van der Waals surface area contributed by atoms with Gasteiger partial charge in [-0.1, -0.05) is 36.5 Å². The highest BCUT2D eigenvalue weighted by molar-refractivity contribution is 5.64. The average Bonchev–Trinajstić information content (AvgIpc) is 2.79. The maximum absolute atomic E-state index is 5.37. The third-order valence-electron chi connectivity index (χ3n) is 4.28. The molecule has 0 radical (unpaired) electrons. The Morgan fingerprint density at radius 2 is 0.733 bits per heavy atom. The summed E-state index contributed by atoms with van der Waals surface area (Å²) in [6.07, 6.45) is 11.6. The van der Waals surface area contributed by atoms with Crippen molar-refractivity contribution in [3.05, 3.63) is 59.7 Å². The van der Waals surface area contributed by atoms with E-state index in [0.29, 0.717) is 34.5 Å². The van der Waals surface area contributed by atoms with E-state index in [2.05, 4.69) is 0 Å². The standard InChI is InChI=1S/C24H28O6/c1-25-19-13-17(14-20(26-2)23(19)29-5)11-9-7-8-10-12-18-15-21(27-3)24(30-6)22(16-18)28-4/h7-16H,1-6H3/b8-7+,11-9+,12-10+. The zero-order valence-corrected chi connectivity index (χ0v) is 18.2. The smallest absolute Gasteiger partial charge is 0.203 e. The zero-order chi connectivity index (χ0) is 21.9. The number of benzene rings is 2. The molecule has 2 aromatic rings. The van der Waals surface area contributed by atoms with E-state index in [1.807, 2.05) is 60.7 Å². The molecular weight excluding hydrogens is 384 g/mol. The van der Waals surface area contributed by atoms with Crippen LogP contribution < -0.4 is 28.4 Å². The van der Waals surface area contributed by atoms with Gasteiger partial charge in [0.2, 0.25) is 11.5 Å². The minimum absolute atomic E-state index is 0.570. The van der Waals surface area contributed by atoms with Gasteiger partial charge < -0.3 is 28.4 Å². The Labute approximate surface area is 177 Å². The van der Waals surface area contributed by atoms with E-state index in [9.17, 15) is 0 Å². The number of ether oxygens (including phenoxy) is 6. The fourth-order valence-electron chi connectivity index (χ4n) is 2.86. The van der Waals surface area contributed by atoms with E-state index in [-0.39, 0.29) is 0 Å². The monoisotopic (exact) mass is 412 g/mol. The maximum atomic E-state index is 5.37. The summed E-state index contributed by atoms with van der Waals surface area (Å²) in [7, 11) is 9.55. The highest BCUT2D eigenvalue weighted by Gasteiger charge is 2.12. The van der Waals surface area contributed by atoms with Crippen molar-refractivity contribution >= 4 is 12.2 Å². The topological polar surface area (TPSA) is 55.4 Å².